The van der Waals surface area contributed by atoms with E-state index in [4.69, 9.17) is 0 Å². The molecule has 0 radical (unpaired) electrons. The zero-order valence-corrected chi connectivity index (χ0v) is 21.7. The molecule has 0 aliphatic rings. The molecule has 1 aromatic rings. The molecule has 0 bridgehead atoms. The highest BCUT2D eigenvalue weighted by molar-refractivity contribution is 7.99. The summed E-state index contributed by atoms with van der Waals surface area (Å²) in [6.45, 7) is 19.2. The summed E-state index contributed by atoms with van der Waals surface area (Å²) in [6.07, 6.45) is 15.7. The number of rotatable bonds is 15. The molecule has 1 nitrogen and oxygen atoms in total. The summed E-state index contributed by atoms with van der Waals surface area (Å²) in [5.41, 5.74) is 7.57. The minimum absolute atomic E-state index is 0.366. The smallest absolute Gasteiger partial charge is 0.0323 e. The van der Waals surface area contributed by atoms with Crippen molar-refractivity contribution in [1.82, 2.24) is 5.32 Å². The fourth-order valence-corrected chi connectivity index (χ4v) is 4.24. The van der Waals surface area contributed by atoms with Crippen molar-refractivity contribution in [3.63, 3.8) is 0 Å². The second-order valence-electron chi connectivity index (χ2n) is 8.74. The maximum Gasteiger partial charge on any atom is 0.0323 e. The molecule has 0 amide bonds. The summed E-state index contributed by atoms with van der Waals surface area (Å²) in [6, 6.07) is 10.7. The van der Waals surface area contributed by atoms with Gasteiger partial charge >= 0.3 is 0 Å². The lowest BCUT2D eigenvalue weighted by molar-refractivity contribution is 0.693. The van der Waals surface area contributed by atoms with E-state index < -0.39 is 0 Å². The number of hydrogen-bond acceptors (Lipinski definition) is 2. The Hall–Kier alpha value is -2.19. The van der Waals surface area contributed by atoms with Gasteiger partial charge in [0, 0.05) is 23.2 Å². The molecule has 2 heteroatoms. The van der Waals surface area contributed by atoms with Gasteiger partial charge in [0.1, 0.15) is 0 Å². The lowest BCUT2D eigenvalue weighted by Crippen LogP contribution is -2.26. The maximum absolute atomic E-state index is 4.17. The van der Waals surface area contributed by atoms with Crippen LogP contribution in [0.5, 0.6) is 0 Å². The minimum atomic E-state index is 0.366. The van der Waals surface area contributed by atoms with Crippen LogP contribution in [-0.2, 0) is 0 Å². The highest BCUT2D eigenvalue weighted by Gasteiger charge is 2.03. The van der Waals surface area contributed by atoms with E-state index in [1.807, 2.05) is 36.0 Å². The van der Waals surface area contributed by atoms with Crippen LogP contribution >= 0.6 is 11.8 Å². The third-order valence-corrected chi connectivity index (χ3v) is 6.27. The van der Waals surface area contributed by atoms with E-state index in [2.05, 4.69) is 89.5 Å². The molecule has 1 aromatic carbocycles. The van der Waals surface area contributed by atoms with E-state index in [9.17, 15) is 0 Å². The molecule has 1 unspecified atom stereocenters. The van der Waals surface area contributed by atoms with Crippen molar-refractivity contribution in [2.45, 2.75) is 66.3 Å². The van der Waals surface area contributed by atoms with Crippen LogP contribution in [0, 0.1) is 0 Å². The minimum Gasteiger partial charge on any atom is -0.382 e. The van der Waals surface area contributed by atoms with Gasteiger partial charge in [-0.15, -0.1) is 0 Å². The molecule has 0 fully saturated rings. The maximum atomic E-state index is 4.17. The summed E-state index contributed by atoms with van der Waals surface area (Å²) in [4.78, 5) is 0. The second-order valence-corrected chi connectivity index (χ2v) is 9.81. The number of hydrogen-bond donors (Lipinski definition) is 1. The molecule has 0 spiro atoms. The lowest BCUT2D eigenvalue weighted by atomic mass is 10.1. The van der Waals surface area contributed by atoms with Crippen molar-refractivity contribution in [1.29, 1.82) is 0 Å². The largest absolute Gasteiger partial charge is 0.382 e. The quantitative estimate of drug-likeness (QED) is 0.163. The molecular formula is C30H43NS. The van der Waals surface area contributed by atoms with Gasteiger partial charge in [-0.1, -0.05) is 84.5 Å². The van der Waals surface area contributed by atoms with Crippen molar-refractivity contribution in [3.8, 4) is 0 Å². The Morgan fingerprint density at radius 1 is 0.969 bits per heavy atom. The van der Waals surface area contributed by atoms with E-state index >= 15 is 0 Å². The summed E-state index contributed by atoms with van der Waals surface area (Å²) >= 11 is 1.96. The van der Waals surface area contributed by atoms with Crippen molar-refractivity contribution < 1.29 is 0 Å². The summed E-state index contributed by atoms with van der Waals surface area (Å²) < 4.78 is 0. The highest BCUT2D eigenvalue weighted by atomic mass is 32.2. The SMILES string of the molecule is C=C/C(=C\C(=C)NC(C)CSC/C=C(\C)CC/C=C(\C)CCC=C(C)C)c1ccccc1. The first-order chi connectivity index (χ1) is 15.3. The topological polar surface area (TPSA) is 12.0 Å². The van der Waals surface area contributed by atoms with Crippen LogP contribution in [0.2, 0.25) is 0 Å². The number of thioether (sulfide) groups is 1. The van der Waals surface area contributed by atoms with Crippen LogP contribution in [0.4, 0.5) is 0 Å². The average molecular weight is 450 g/mol. The Labute approximate surface area is 202 Å². The summed E-state index contributed by atoms with van der Waals surface area (Å²) in [7, 11) is 0. The van der Waals surface area contributed by atoms with Crippen LogP contribution in [-0.4, -0.2) is 17.5 Å². The highest BCUT2D eigenvalue weighted by Crippen LogP contribution is 2.17. The third kappa shape index (κ3) is 13.3. The predicted molar refractivity (Wildman–Crippen MR) is 149 cm³/mol. The summed E-state index contributed by atoms with van der Waals surface area (Å²) in [5, 5.41) is 3.50. The second kappa shape index (κ2) is 16.4. The molecule has 32 heavy (non-hydrogen) atoms. The predicted octanol–water partition coefficient (Wildman–Crippen LogP) is 8.90. The van der Waals surface area contributed by atoms with E-state index in [1.54, 1.807) is 0 Å². The molecular weight excluding hydrogens is 406 g/mol. The summed E-state index contributed by atoms with van der Waals surface area (Å²) in [5.74, 6) is 2.11. The molecule has 1 N–H and O–H groups in total. The lowest BCUT2D eigenvalue weighted by Gasteiger charge is -2.15. The van der Waals surface area contributed by atoms with Crippen LogP contribution in [0.3, 0.4) is 0 Å². The zero-order chi connectivity index (χ0) is 23.8. The van der Waals surface area contributed by atoms with E-state index in [0.717, 1.165) is 47.6 Å². The van der Waals surface area contributed by atoms with Crippen molar-refractivity contribution >= 4 is 17.3 Å². The molecule has 174 valence electrons. The van der Waals surface area contributed by atoms with E-state index in [-0.39, 0.29) is 0 Å². The first kappa shape index (κ1) is 27.8. The van der Waals surface area contributed by atoms with Gasteiger partial charge in [0.2, 0.25) is 0 Å². The number of allylic oxidation sites excluding steroid dienone is 8. The van der Waals surface area contributed by atoms with Crippen LogP contribution < -0.4 is 5.32 Å². The Morgan fingerprint density at radius 3 is 2.22 bits per heavy atom. The van der Waals surface area contributed by atoms with Crippen LogP contribution in [0.1, 0.15) is 65.9 Å². The molecule has 0 aliphatic carbocycles. The van der Waals surface area contributed by atoms with Crippen molar-refractivity contribution in [2.75, 3.05) is 11.5 Å². The molecule has 1 atom stereocenters. The van der Waals surface area contributed by atoms with Crippen LogP contribution in [0.25, 0.3) is 5.57 Å². The van der Waals surface area contributed by atoms with Gasteiger partial charge in [-0.3, -0.25) is 0 Å². The van der Waals surface area contributed by atoms with Gasteiger partial charge in [0.05, 0.1) is 0 Å². The number of benzene rings is 1. The van der Waals surface area contributed by atoms with E-state index in [1.165, 1.54) is 23.1 Å². The first-order valence-corrected chi connectivity index (χ1v) is 12.8. The standard InChI is InChI=1S/C30H43NS/c1-8-29(30-18-10-9-11-19-30)22-27(6)31-28(7)23-32-21-20-26(5)17-13-16-25(4)15-12-14-24(2)3/h8-11,14,16,18-20,22,28,31H,1,6,12-13,15,17,21,23H2,2-5,7H3/b25-16+,26-20+,29-22+. The normalized spacial score (nSPS) is 13.5. The molecule has 0 aliphatic heterocycles. The number of nitrogens with one attached hydrogen (secondary N) is 1. The molecule has 0 saturated heterocycles. The van der Waals surface area contributed by atoms with Crippen molar-refractivity contribution in [3.05, 3.63) is 102 Å². The van der Waals surface area contributed by atoms with Gasteiger partial charge in [-0.2, -0.15) is 11.8 Å². The Morgan fingerprint density at radius 2 is 1.59 bits per heavy atom. The fourth-order valence-electron chi connectivity index (χ4n) is 3.26. The molecule has 0 saturated carbocycles. The van der Waals surface area contributed by atoms with Crippen molar-refractivity contribution in [2.24, 2.45) is 0 Å². The monoisotopic (exact) mass is 449 g/mol. The van der Waals surface area contributed by atoms with Gasteiger partial charge in [0.25, 0.3) is 0 Å². The Balaban J connectivity index is 2.31. The fraction of sp³-hybridized carbons (Fsp3) is 0.400. The molecule has 0 heterocycles. The zero-order valence-electron chi connectivity index (χ0n) is 20.9. The average Bonchev–Trinajstić information content (AvgIpc) is 2.75. The van der Waals surface area contributed by atoms with Crippen LogP contribution in [0.15, 0.2) is 96.3 Å². The van der Waals surface area contributed by atoms with Gasteiger partial charge < -0.3 is 5.32 Å². The first-order valence-electron chi connectivity index (χ1n) is 11.7. The molecule has 0 aromatic heterocycles. The van der Waals surface area contributed by atoms with Gasteiger partial charge in [-0.25, -0.2) is 0 Å². The molecule has 1 rings (SSSR count). The third-order valence-electron chi connectivity index (χ3n) is 5.13. The van der Waals surface area contributed by atoms with Gasteiger partial charge in [-0.05, 0) is 77.5 Å². The van der Waals surface area contributed by atoms with E-state index in [0.29, 0.717) is 6.04 Å². The van der Waals surface area contributed by atoms with Gasteiger partial charge in [0.15, 0.2) is 0 Å². The Kier molecular flexibility index (Phi) is 14.3. The Bertz CT molecular complexity index is 820.